The van der Waals surface area contributed by atoms with E-state index in [0.717, 1.165) is 16.8 Å². The summed E-state index contributed by atoms with van der Waals surface area (Å²) in [6.45, 7) is 4.73. The average Bonchev–Trinajstić information content (AvgIpc) is 3.01. The highest BCUT2D eigenvalue weighted by Gasteiger charge is 2.34. The van der Waals surface area contributed by atoms with E-state index in [1.807, 2.05) is 19.1 Å². The van der Waals surface area contributed by atoms with Crippen molar-refractivity contribution in [2.24, 2.45) is 0 Å². The van der Waals surface area contributed by atoms with Crippen molar-refractivity contribution in [3.8, 4) is 17.2 Å². The minimum Gasteiger partial charge on any atom is -0.493 e. The first-order chi connectivity index (χ1) is 14.0. The van der Waals surface area contributed by atoms with Crippen molar-refractivity contribution >= 4 is 17.7 Å². The third-order valence-corrected chi connectivity index (χ3v) is 5.01. The van der Waals surface area contributed by atoms with Gasteiger partial charge in [0.25, 0.3) is 0 Å². The zero-order chi connectivity index (χ0) is 20.5. The van der Waals surface area contributed by atoms with Gasteiger partial charge in [0.15, 0.2) is 11.5 Å². The highest BCUT2D eigenvalue weighted by atomic mass is 16.6. The summed E-state index contributed by atoms with van der Waals surface area (Å²) in [6, 6.07) is 3.74. The van der Waals surface area contributed by atoms with Crippen molar-refractivity contribution in [3.05, 3.63) is 29.0 Å². The first-order valence-corrected chi connectivity index (χ1v) is 9.52. The number of amides is 1. The Labute approximate surface area is 167 Å². The van der Waals surface area contributed by atoms with E-state index in [2.05, 4.69) is 10.4 Å². The second-order valence-corrected chi connectivity index (χ2v) is 6.86. The van der Waals surface area contributed by atoms with Gasteiger partial charge < -0.3 is 24.3 Å². The number of carbonyl (C=O) groups is 2. The number of hydrogen-bond donors (Lipinski definition) is 1. The molecule has 2 aliphatic heterocycles. The summed E-state index contributed by atoms with van der Waals surface area (Å²) in [4.78, 5) is 24.4. The number of anilines is 1. The lowest BCUT2D eigenvalue weighted by Crippen LogP contribution is -2.26. The molecule has 154 valence electrons. The lowest BCUT2D eigenvalue weighted by Gasteiger charge is -2.27. The van der Waals surface area contributed by atoms with Gasteiger partial charge in [-0.15, -0.1) is 0 Å². The first kappa shape index (κ1) is 19.1. The van der Waals surface area contributed by atoms with Crippen molar-refractivity contribution < 1.29 is 28.5 Å². The summed E-state index contributed by atoms with van der Waals surface area (Å²) in [6.07, 6.45) is 0.252. The number of aromatic nitrogens is 2. The third kappa shape index (κ3) is 3.48. The molecule has 2 aliphatic rings. The second kappa shape index (κ2) is 7.65. The second-order valence-electron chi connectivity index (χ2n) is 6.86. The standard InChI is InChI=1S/C20H23N3O6/c1-4-27-17(25)10-23-20-18(11(2)22-23)13(9-16(24)21-20)12-7-14(26-3)19-15(8-12)28-5-6-29-19/h7-8,13H,4-6,9-10H2,1-3H3,(H,21,24)/t13-/m0/s1. The SMILES string of the molecule is CCOC(=O)Cn1nc(C)c2c1NC(=O)C[C@H]2c1cc(OC)c2c(c1)OCCO2. The molecule has 0 fully saturated rings. The van der Waals surface area contributed by atoms with Gasteiger partial charge in [-0.3, -0.25) is 9.59 Å². The number of hydrogen-bond acceptors (Lipinski definition) is 7. The number of nitrogens with one attached hydrogen (secondary N) is 1. The molecule has 1 aromatic heterocycles. The van der Waals surface area contributed by atoms with Crippen molar-refractivity contribution in [1.29, 1.82) is 0 Å². The molecule has 0 aliphatic carbocycles. The topological polar surface area (TPSA) is 101 Å². The zero-order valence-electron chi connectivity index (χ0n) is 16.6. The fraction of sp³-hybridized carbons (Fsp3) is 0.450. The van der Waals surface area contributed by atoms with Gasteiger partial charge in [0.2, 0.25) is 11.7 Å². The Hall–Kier alpha value is -3.23. The Kier molecular flexibility index (Phi) is 5.04. The first-order valence-electron chi connectivity index (χ1n) is 9.52. The van der Waals surface area contributed by atoms with Gasteiger partial charge >= 0.3 is 5.97 Å². The van der Waals surface area contributed by atoms with Gasteiger partial charge in [0.05, 0.1) is 19.4 Å². The number of fused-ring (bicyclic) bond motifs is 2. The van der Waals surface area contributed by atoms with Crippen LogP contribution in [0.4, 0.5) is 5.82 Å². The van der Waals surface area contributed by atoms with E-state index in [-0.39, 0.29) is 31.4 Å². The minimum absolute atomic E-state index is 0.0680. The predicted octanol–water partition coefficient (Wildman–Crippen LogP) is 2.01. The Bertz CT molecular complexity index is 950. The molecule has 0 radical (unpaired) electrons. The zero-order valence-corrected chi connectivity index (χ0v) is 16.6. The molecule has 0 unspecified atom stereocenters. The fourth-order valence-corrected chi connectivity index (χ4v) is 3.84. The largest absolute Gasteiger partial charge is 0.493 e. The van der Waals surface area contributed by atoms with Crippen LogP contribution in [0.3, 0.4) is 0 Å². The number of ether oxygens (including phenoxy) is 4. The van der Waals surface area contributed by atoms with Crippen LogP contribution in [0.15, 0.2) is 12.1 Å². The van der Waals surface area contributed by atoms with Crippen LogP contribution in [-0.2, 0) is 20.9 Å². The van der Waals surface area contributed by atoms with Crippen molar-refractivity contribution in [3.63, 3.8) is 0 Å². The number of carbonyl (C=O) groups excluding carboxylic acids is 2. The van der Waals surface area contributed by atoms with Crippen LogP contribution in [0, 0.1) is 6.92 Å². The smallest absolute Gasteiger partial charge is 0.327 e. The lowest BCUT2D eigenvalue weighted by atomic mass is 9.85. The van der Waals surface area contributed by atoms with Gasteiger partial charge in [0.1, 0.15) is 25.6 Å². The summed E-state index contributed by atoms with van der Waals surface area (Å²) in [5.74, 6) is 1.43. The Morgan fingerprint density at radius 2 is 2.14 bits per heavy atom. The molecule has 3 heterocycles. The fourth-order valence-electron chi connectivity index (χ4n) is 3.84. The number of rotatable bonds is 5. The van der Waals surface area contributed by atoms with E-state index in [1.165, 1.54) is 4.68 Å². The van der Waals surface area contributed by atoms with Crippen molar-refractivity contribution in [2.45, 2.75) is 32.7 Å². The van der Waals surface area contributed by atoms with Crippen molar-refractivity contribution in [2.75, 3.05) is 32.2 Å². The van der Waals surface area contributed by atoms with Crippen LogP contribution < -0.4 is 19.5 Å². The van der Waals surface area contributed by atoms with Crippen LogP contribution in [0.5, 0.6) is 17.2 Å². The Morgan fingerprint density at radius 3 is 2.90 bits per heavy atom. The maximum atomic E-state index is 12.5. The van der Waals surface area contributed by atoms with E-state index in [4.69, 9.17) is 18.9 Å². The summed E-state index contributed by atoms with van der Waals surface area (Å²) in [5, 5.41) is 7.32. The van der Waals surface area contributed by atoms with E-state index < -0.39 is 5.97 Å². The molecule has 9 heteroatoms. The Balaban J connectivity index is 1.77. The summed E-state index contributed by atoms with van der Waals surface area (Å²) < 4.78 is 23.4. The van der Waals surface area contributed by atoms with Crippen LogP contribution in [0.25, 0.3) is 0 Å². The molecule has 29 heavy (non-hydrogen) atoms. The maximum absolute atomic E-state index is 12.5. The molecule has 0 spiro atoms. The molecule has 1 amide bonds. The van der Waals surface area contributed by atoms with Crippen LogP contribution in [0.1, 0.15) is 36.1 Å². The molecule has 0 bridgehead atoms. The molecule has 1 N–H and O–H groups in total. The monoisotopic (exact) mass is 401 g/mol. The Morgan fingerprint density at radius 1 is 1.34 bits per heavy atom. The summed E-state index contributed by atoms with van der Waals surface area (Å²) in [7, 11) is 1.57. The van der Waals surface area contributed by atoms with E-state index in [0.29, 0.717) is 36.3 Å². The number of esters is 1. The highest BCUT2D eigenvalue weighted by molar-refractivity contribution is 5.95. The number of methoxy groups -OCH3 is 1. The lowest BCUT2D eigenvalue weighted by molar-refractivity contribution is -0.144. The minimum atomic E-state index is -0.407. The molecule has 1 aromatic carbocycles. The summed E-state index contributed by atoms with van der Waals surface area (Å²) in [5.41, 5.74) is 2.47. The van der Waals surface area contributed by atoms with E-state index in [9.17, 15) is 9.59 Å². The number of aryl methyl sites for hydroxylation is 1. The molecule has 9 nitrogen and oxygen atoms in total. The predicted molar refractivity (Wildman–Crippen MR) is 103 cm³/mol. The molecular weight excluding hydrogens is 378 g/mol. The quantitative estimate of drug-likeness (QED) is 0.765. The van der Waals surface area contributed by atoms with Crippen LogP contribution in [-0.4, -0.2) is 48.6 Å². The normalized spacial score (nSPS) is 17.3. The maximum Gasteiger partial charge on any atom is 0.327 e. The van der Waals surface area contributed by atoms with Crippen LogP contribution >= 0.6 is 0 Å². The van der Waals surface area contributed by atoms with Gasteiger partial charge in [-0.25, -0.2) is 4.68 Å². The highest BCUT2D eigenvalue weighted by Crippen LogP contribution is 2.46. The van der Waals surface area contributed by atoms with E-state index >= 15 is 0 Å². The van der Waals surface area contributed by atoms with Gasteiger partial charge in [-0.05, 0) is 31.5 Å². The summed E-state index contributed by atoms with van der Waals surface area (Å²) >= 11 is 0. The average molecular weight is 401 g/mol. The number of benzene rings is 1. The molecular formula is C20H23N3O6. The number of nitrogens with zero attached hydrogens (tertiary/aromatic N) is 2. The molecule has 1 atom stereocenters. The van der Waals surface area contributed by atoms with Gasteiger partial charge in [-0.1, -0.05) is 0 Å². The van der Waals surface area contributed by atoms with Crippen LogP contribution in [0.2, 0.25) is 0 Å². The van der Waals surface area contributed by atoms with Gasteiger partial charge in [-0.2, -0.15) is 5.10 Å². The van der Waals surface area contributed by atoms with Gasteiger partial charge in [0, 0.05) is 17.9 Å². The molecule has 2 aromatic rings. The molecule has 4 rings (SSSR count). The third-order valence-electron chi connectivity index (χ3n) is 5.01. The molecule has 0 saturated carbocycles. The van der Waals surface area contributed by atoms with E-state index in [1.54, 1.807) is 14.0 Å². The molecule has 0 saturated heterocycles. The van der Waals surface area contributed by atoms with Crippen molar-refractivity contribution in [1.82, 2.24) is 9.78 Å².